The molecule has 0 aromatic carbocycles. The van der Waals surface area contributed by atoms with E-state index < -0.39 is 5.91 Å². The standard InChI is InChI=1S/C18H27N3O2/c1-13-6-5-8-16(14(13)2)21(18(23)10-9-17(19)22)12-15-7-3-4-11-20-15/h3-4,7,11,13-14,16H,5-6,8-10,12H2,1-2H3,(H2,19,22). The van der Waals surface area contributed by atoms with Crippen LogP contribution in [0.4, 0.5) is 0 Å². The highest BCUT2D eigenvalue weighted by Gasteiger charge is 2.34. The lowest BCUT2D eigenvalue weighted by Crippen LogP contribution is -2.47. The highest BCUT2D eigenvalue weighted by Crippen LogP contribution is 2.33. The Kier molecular flexibility index (Phi) is 6.13. The molecule has 1 aliphatic carbocycles. The number of hydrogen-bond acceptors (Lipinski definition) is 3. The van der Waals surface area contributed by atoms with E-state index >= 15 is 0 Å². The summed E-state index contributed by atoms with van der Waals surface area (Å²) in [5.41, 5.74) is 6.08. The number of nitrogens with two attached hydrogens (primary N) is 1. The molecule has 1 aromatic heterocycles. The van der Waals surface area contributed by atoms with Gasteiger partial charge in [-0.1, -0.05) is 32.8 Å². The van der Waals surface area contributed by atoms with Gasteiger partial charge in [0.05, 0.1) is 12.2 Å². The Hall–Kier alpha value is -1.91. The molecule has 2 rings (SSSR count). The van der Waals surface area contributed by atoms with Crippen molar-refractivity contribution in [3.63, 3.8) is 0 Å². The second-order valence-corrected chi connectivity index (χ2v) is 6.64. The second kappa shape index (κ2) is 8.09. The normalized spacial score (nSPS) is 24.2. The lowest BCUT2D eigenvalue weighted by molar-refractivity contribution is -0.138. The first-order valence-corrected chi connectivity index (χ1v) is 8.46. The SMILES string of the molecule is CC1CCCC(N(Cc2ccccn2)C(=O)CCC(N)=O)C1C. The Morgan fingerprint density at radius 3 is 2.70 bits per heavy atom. The number of nitrogens with zero attached hydrogens (tertiary/aromatic N) is 2. The zero-order chi connectivity index (χ0) is 16.8. The lowest BCUT2D eigenvalue weighted by Gasteiger charge is -2.41. The lowest BCUT2D eigenvalue weighted by atomic mass is 9.77. The van der Waals surface area contributed by atoms with Gasteiger partial charge in [-0.15, -0.1) is 0 Å². The van der Waals surface area contributed by atoms with Crippen molar-refractivity contribution in [3.05, 3.63) is 30.1 Å². The van der Waals surface area contributed by atoms with Gasteiger partial charge in [-0.25, -0.2) is 0 Å². The van der Waals surface area contributed by atoms with E-state index in [9.17, 15) is 9.59 Å². The highest BCUT2D eigenvalue weighted by atomic mass is 16.2. The van der Waals surface area contributed by atoms with Gasteiger partial charge in [0.15, 0.2) is 0 Å². The fourth-order valence-electron chi connectivity index (χ4n) is 3.42. The predicted octanol–water partition coefficient (Wildman–Crippen LogP) is 2.50. The van der Waals surface area contributed by atoms with Gasteiger partial charge < -0.3 is 10.6 Å². The van der Waals surface area contributed by atoms with Crippen molar-refractivity contribution in [2.45, 2.75) is 58.5 Å². The van der Waals surface area contributed by atoms with Gasteiger partial charge in [0.25, 0.3) is 0 Å². The maximum atomic E-state index is 12.7. The van der Waals surface area contributed by atoms with Crippen LogP contribution >= 0.6 is 0 Å². The number of amides is 2. The zero-order valence-electron chi connectivity index (χ0n) is 14.1. The van der Waals surface area contributed by atoms with Crippen LogP contribution in [0.3, 0.4) is 0 Å². The molecule has 1 heterocycles. The number of carbonyl (C=O) groups excluding carboxylic acids is 2. The summed E-state index contributed by atoms with van der Waals surface area (Å²) in [6, 6.07) is 5.95. The van der Waals surface area contributed by atoms with Crippen molar-refractivity contribution in [2.75, 3.05) is 0 Å². The number of aromatic nitrogens is 1. The third-order valence-corrected chi connectivity index (χ3v) is 5.03. The summed E-state index contributed by atoms with van der Waals surface area (Å²) >= 11 is 0. The van der Waals surface area contributed by atoms with E-state index in [0.29, 0.717) is 18.4 Å². The first-order chi connectivity index (χ1) is 11.0. The monoisotopic (exact) mass is 317 g/mol. The predicted molar refractivity (Wildman–Crippen MR) is 89.2 cm³/mol. The summed E-state index contributed by atoms with van der Waals surface area (Å²) < 4.78 is 0. The average molecular weight is 317 g/mol. The van der Waals surface area contributed by atoms with Gasteiger partial charge in [0.1, 0.15) is 0 Å². The molecule has 126 valence electrons. The first-order valence-electron chi connectivity index (χ1n) is 8.46. The maximum absolute atomic E-state index is 12.7. The second-order valence-electron chi connectivity index (χ2n) is 6.64. The molecule has 0 aliphatic heterocycles. The summed E-state index contributed by atoms with van der Waals surface area (Å²) in [6.07, 6.45) is 5.39. The summed E-state index contributed by atoms with van der Waals surface area (Å²) in [7, 11) is 0. The van der Waals surface area contributed by atoms with E-state index in [-0.39, 0.29) is 24.8 Å². The van der Waals surface area contributed by atoms with Crippen molar-refractivity contribution >= 4 is 11.8 Å². The minimum atomic E-state index is -0.429. The average Bonchev–Trinajstić information content (AvgIpc) is 2.54. The van der Waals surface area contributed by atoms with Crippen LogP contribution in [0.5, 0.6) is 0 Å². The van der Waals surface area contributed by atoms with Crippen LogP contribution < -0.4 is 5.73 Å². The topological polar surface area (TPSA) is 76.3 Å². The van der Waals surface area contributed by atoms with Crippen LogP contribution in [0.1, 0.15) is 51.6 Å². The van der Waals surface area contributed by atoms with Crippen LogP contribution in [-0.2, 0) is 16.1 Å². The fourth-order valence-corrected chi connectivity index (χ4v) is 3.42. The third kappa shape index (κ3) is 4.78. The van der Waals surface area contributed by atoms with Crippen LogP contribution in [-0.4, -0.2) is 27.7 Å². The van der Waals surface area contributed by atoms with Crippen molar-refractivity contribution in [1.82, 2.24) is 9.88 Å². The largest absolute Gasteiger partial charge is 0.370 e. The Morgan fingerprint density at radius 2 is 2.04 bits per heavy atom. The van der Waals surface area contributed by atoms with Crippen molar-refractivity contribution in [3.8, 4) is 0 Å². The Balaban J connectivity index is 2.16. The molecule has 1 aliphatic rings. The summed E-state index contributed by atoms with van der Waals surface area (Å²) in [5, 5.41) is 0. The molecule has 5 nitrogen and oxygen atoms in total. The van der Waals surface area contributed by atoms with E-state index in [1.54, 1.807) is 6.20 Å². The maximum Gasteiger partial charge on any atom is 0.223 e. The molecule has 3 atom stereocenters. The molecule has 1 aromatic rings. The quantitative estimate of drug-likeness (QED) is 0.876. The number of primary amides is 1. The van der Waals surface area contributed by atoms with Gasteiger partial charge in [-0.3, -0.25) is 14.6 Å². The van der Waals surface area contributed by atoms with E-state index in [0.717, 1.165) is 18.5 Å². The molecule has 0 saturated heterocycles. The van der Waals surface area contributed by atoms with Crippen LogP contribution in [0, 0.1) is 11.8 Å². The van der Waals surface area contributed by atoms with E-state index in [2.05, 4.69) is 18.8 Å². The van der Waals surface area contributed by atoms with Gasteiger partial charge in [0, 0.05) is 25.1 Å². The van der Waals surface area contributed by atoms with Crippen LogP contribution in [0.25, 0.3) is 0 Å². The van der Waals surface area contributed by atoms with E-state index in [1.807, 2.05) is 23.1 Å². The van der Waals surface area contributed by atoms with Crippen LogP contribution in [0.2, 0.25) is 0 Å². The van der Waals surface area contributed by atoms with E-state index in [4.69, 9.17) is 5.73 Å². The molecule has 3 unspecified atom stereocenters. The molecule has 0 spiro atoms. The number of pyridine rings is 1. The summed E-state index contributed by atoms with van der Waals surface area (Å²) in [6.45, 7) is 4.98. The van der Waals surface area contributed by atoms with Crippen LogP contribution in [0.15, 0.2) is 24.4 Å². The molecule has 23 heavy (non-hydrogen) atoms. The van der Waals surface area contributed by atoms with Gasteiger partial charge in [0.2, 0.25) is 11.8 Å². The van der Waals surface area contributed by atoms with E-state index in [1.165, 1.54) is 6.42 Å². The molecule has 5 heteroatoms. The number of carbonyl (C=O) groups is 2. The van der Waals surface area contributed by atoms with Gasteiger partial charge in [-0.05, 0) is 30.4 Å². The van der Waals surface area contributed by atoms with Crippen molar-refractivity contribution < 1.29 is 9.59 Å². The molecule has 2 amide bonds. The fraction of sp³-hybridized carbons (Fsp3) is 0.611. The Labute approximate surface area is 138 Å². The molecular weight excluding hydrogens is 290 g/mol. The van der Waals surface area contributed by atoms with Crippen molar-refractivity contribution in [2.24, 2.45) is 17.6 Å². The van der Waals surface area contributed by atoms with Crippen molar-refractivity contribution in [1.29, 1.82) is 0 Å². The Bertz CT molecular complexity index is 532. The van der Waals surface area contributed by atoms with Gasteiger partial charge >= 0.3 is 0 Å². The third-order valence-electron chi connectivity index (χ3n) is 5.03. The summed E-state index contributed by atoms with van der Waals surface area (Å²) in [5.74, 6) is 0.621. The molecular formula is C18H27N3O2. The number of rotatable bonds is 6. The zero-order valence-corrected chi connectivity index (χ0v) is 14.1. The molecule has 2 N–H and O–H groups in total. The molecule has 0 radical (unpaired) electrons. The van der Waals surface area contributed by atoms with Gasteiger partial charge in [-0.2, -0.15) is 0 Å². The Morgan fingerprint density at radius 1 is 1.26 bits per heavy atom. The summed E-state index contributed by atoms with van der Waals surface area (Å²) in [4.78, 5) is 30.0. The molecule has 1 fully saturated rings. The smallest absolute Gasteiger partial charge is 0.223 e. The first kappa shape index (κ1) is 17.4. The number of hydrogen-bond donors (Lipinski definition) is 1. The minimum absolute atomic E-state index is 0.000373. The molecule has 1 saturated carbocycles. The minimum Gasteiger partial charge on any atom is -0.370 e. The highest BCUT2D eigenvalue weighted by molar-refractivity contribution is 5.83. The molecule has 0 bridgehead atoms.